The first-order chi connectivity index (χ1) is 8.93. The summed E-state index contributed by atoms with van der Waals surface area (Å²) in [4.78, 5) is 9.37. The summed E-state index contributed by atoms with van der Waals surface area (Å²) in [6, 6.07) is 10.3. The van der Waals surface area contributed by atoms with Crippen molar-refractivity contribution >= 4 is 11.8 Å². The van der Waals surface area contributed by atoms with Crippen molar-refractivity contribution in [3.05, 3.63) is 35.9 Å². The Kier molecular flexibility index (Phi) is 14.6. The molecule has 0 aliphatic carbocycles. The second-order valence-electron chi connectivity index (χ2n) is 4.08. The number of amidine groups is 1. The lowest BCUT2D eigenvalue weighted by molar-refractivity contribution is -0.136. The minimum Gasteiger partial charge on any atom is -0.481 e. The van der Waals surface area contributed by atoms with Gasteiger partial charge in [0.05, 0.1) is 0 Å². The fourth-order valence-electron chi connectivity index (χ4n) is 0.915. The van der Waals surface area contributed by atoms with Gasteiger partial charge in [0.1, 0.15) is 0 Å². The highest BCUT2D eigenvalue weighted by atomic mass is 16.4. The van der Waals surface area contributed by atoms with Gasteiger partial charge in [-0.05, 0) is 13.3 Å². The Hall–Kier alpha value is -1.84. The van der Waals surface area contributed by atoms with Crippen LogP contribution in [0.25, 0.3) is 0 Å². The second-order valence-corrected chi connectivity index (χ2v) is 4.08. The average molecular weight is 269 g/mol. The standard InChI is InChI=1S/C7H8.C5H12N2.C3H6O2.H2/c1-7-5-3-2-4-6-7;1-2-3-4-5(6)7;1-2-3(4)5;/h2-6H,1H3;2-4H2,1H3,(H3,6,7);2H2,1H3,(H,4,5);1H/p+1. The van der Waals surface area contributed by atoms with Crippen LogP contribution >= 0.6 is 0 Å². The number of benzene rings is 1. The Morgan fingerprint density at radius 3 is 1.95 bits per heavy atom. The molecule has 0 atom stereocenters. The van der Waals surface area contributed by atoms with E-state index in [9.17, 15) is 4.79 Å². The molecular weight excluding hydrogens is 240 g/mol. The zero-order chi connectivity index (χ0) is 15.1. The summed E-state index contributed by atoms with van der Waals surface area (Å²) >= 11 is 0. The van der Waals surface area contributed by atoms with Crippen molar-refractivity contribution in [1.82, 2.24) is 0 Å². The molecule has 0 saturated carbocycles. The van der Waals surface area contributed by atoms with Gasteiger partial charge in [-0.1, -0.05) is 56.2 Å². The SMILES string of the molecule is CCC(=O)O.CCCCC(N)=[NH2+].Cc1ccccc1.[HH]. The molecule has 4 nitrogen and oxygen atoms in total. The summed E-state index contributed by atoms with van der Waals surface area (Å²) in [5.74, 6) is -0.188. The molecule has 1 aromatic carbocycles. The van der Waals surface area contributed by atoms with Gasteiger partial charge in [0, 0.05) is 14.3 Å². The van der Waals surface area contributed by atoms with Gasteiger partial charge in [-0.3, -0.25) is 15.9 Å². The molecule has 19 heavy (non-hydrogen) atoms. The van der Waals surface area contributed by atoms with E-state index in [2.05, 4.69) is 26.0 Å². The minimum atomic E-state index is -0.745. The molecule has 0 aliphatic heterocycles. The number of carboxylic acids is 1. The molecule has 110 valence electrons. The fourth-order valence-corrected chi connectivity index (χ4v) is 0.915. The summed E-state index contributed by atoms with van der Waals surface area (Å²) in [6.07, 6.45) is 3.37. The lowest BCUT2D eigenvalue weighted by Gasteiger charge is -1.85. The highest BCUT2D eigenvalue weighted by Gasteiger charge is 1.89. The van der Waals surface area contributed by atoms with E-state index >= 15 is 0 Å². The van der Waals surface area contributed by atoms with Crippen LogP contribution in [-0.2, 0) is 4.79 Å². The van der Waals surface area contributed by atoms with E-state index in [1.54, 1.807) is 6.92 Å². The number of aryl methyl sites for hydroxylation is 1. The van der Waals surface area contributed by atoms with E-state index in [1.807, 2.05) is 18.2 Å². The van der Waals surface area contributed by atoms with Crippen LogP contribution in [0.3, 0.4) is 0 Å². The summed E-state index contributed by atoms with van der Waals surface area (Å²) in [6.45, 7) is 5.80. The smallest absolute Gasteiger partial charge is 0.303 e. The molecule has 0 amide bonds. The fraction of sp³-hybridized carbons (Fsp3) is 0.467. The molecule has 0 spiro atoms. The summed E-state index contributed by atoms with van der Waals surface area (Å²) in [5.41, 5.74) is 6.49. The van der Waals surface area contributed by atoms with Gasteiger partial charge >= 0.3 is 5.97 Å². The Morgan fingerprint density at radius 2 is 1.79 bits per heavy atom. The topological polar surface area (TPSA) is 88.9 Å². The number of hydrogen-bond acceptors (Lipinski definition) is 1. The Balaban J connectivity index is -0.000000215. The molecule has 5 N–H and O–H groups in total. The van der Waals surface area contributed by atoms with Gasteiger partial charge in [-0.15, -0.1) is 0 Å². The van der Waals surface area contributed by atoms with E-state index in [0.29, 0.717) is 5.84 Å². The van der Waals surface area contributed by atoms with Gasteiger partial charge in [0.25, 0.3) is 0 Å². The number of hydrogen-bond donors (Lipinski definition) is 3. The molecule has 0 radical (unpaired) electrons. The van der Waals surface area contributed by atoms with Crippen molar-refractivity contribution < 1.29 is 16.7 Å². The Bertz CT molecular complexity index is 343. The predicted octanol–water partition coefficient (Wildman–Crippen LogP) is 2.01. The molecule has 0 heterocycles. The lowest BCUT2D eigenvalue weighted by atomic mass is 10.2. The number of aliphatic carboxylic acids is 1. The van der Waals surface area contributed by atoms with Crippen LogP contribution in [0.15, 0.2) is 30.3 Å². The maximum absolute atomic E-state index is 9.37. The zero-order valence-corrected chi connectivity index (χ0v) is 12.2. The van der Waals surface area contributed by atoms with Crippen LogP contribution < -0.4 is 11.1 Å². The molecule has 0 aliphatic rings. The lowest BCUT2D eigenvalue weighted by Crippen LogP contribution is -2.45. The summed E-state index contributed by atoms with van der Waals surface area (Å²) in [7, 11) is 0. The molecule has 0 unspecified atom stereocenters. The monoisotopic (exact) mass is 269 g/mol. The van der Waals surface area contributed by atoms with Crippen LogP contribution in [0.4, 0.5) is 0 Å². The van der Waals surface area contributed by atoms with Crippen molar-refractivity contribution in [2.24, 2.45) is 5.73 Å². The maximum Gasteiger partial charge on any atom is 0.303 e. The first-order valence-corrected chi connectivity index (χ1v) is 6.54. The van der Waals surface area contributed by atoms with Crippen LogP contribution in [0.2, 0.25) is 0 Å². The number of nitrogens with two attached hydrogens (primary N) is 2. The van der Waals surface area contributed by atoms with Gasteiger partial charge < -0.3 is 5.11 Å². The average Bonchev–Trinajstić information content (AvgIpc) is 2.38. The molecule has 4 heteroatoms. The van der Waals surface area contributed by atoms with Crippen molar-refractivity contribution in [1.29, 1.82) is 0 Å². The molecular formula is C15H29N2O2+. The minimum absolute atomic E-state index is 0. The quantitative estimate of drug-likeness (QED) is 0.577. The number of carboxylic acid groups (broad SMARTS) is 1. The molecule has 0 saturated heterocycles. The van der Waals surface area contributed by atoms with Gasteiger partial charge in [-0.2, -0.15) is 0 Å². The largest absolute Gasteiger partial charge is 0.481 e. The zero-order valence-electron chi connectivity index (χ0n) is 12.2. The van der Waals surface area contributed by atoms with Crippen molar-refractivity contribution in [2.45, 2.75) is 46.5 Å². The first-order valence-electron chi connectivity index (χ1n) is 6.54. The van der Waals surface area contributed by atoms with Gasteiger partial charge in [0.2, 0.25) is 5.84 Å². The predicted molar refractivity (Wildman–Crippen MR) is 81.9 cm³/mol. The van der Waals surface area contributed by atoms with Gasteiger partial charge in [-0.25, -0.2) is 0 Å². The van der Waals surface area contributed by atoms with Crippen molar-refractivity contribution in [3.8, 4) is 0 Å². The number of unbranched alkanes of at least 4 members (excludes halogenated alkanes) is 1. The Labute approximate surface area is 117 Å². The van der Waals surface area contributed by atoms with Crippen molar-refractivity contribution in [3.63, 3.8) is 0 Å². The normalized spacial score (nSPS) is 8.37. The number of carbonyl (C=O) groups is 1. The molecule has 0 aromatic heterocycles. The van der Waals surface area contributed by atoms with Crippen molar-refractivity contribution in [2.75, 3.05) is 0 Å². The number of rotatable bonds is 4. The molecule has 0 fully saturated rings. The first kappa shape index (κ1) is 19.5. The third-order valence-corrected chi connectivity index (χ3v) is 2.06. The van der Waals surface area contributed by atoms with Crippen LogP contribution in [0, 0.1) is 6.92 Å². The molecule has 0 bridgehead atoms. The maximum atomic E-state index is 9.37. The summed E-state index contributed by atoms with van der Waals surface area (Å²) < 4.78 is 0. The Morgan fingerprint density at radius 1 is 1.32 bits per heavy atom. The van der Waals surface area contributed by atoms with E-state index in [-0.39, 0.29) is 7.85 Å². The van der Waals surface area contributed by atoms with E-state index < -0.39 is 5.97 Å². The second kappa shape index (κ2) is 14.2. The van der Waals surface area contributed by atoms with Crippen LogP contribution in [0.1, 0.15) is 46.5 Å². The van der Waals surface area contributed by atoms with E-state index in [0.717, 1.165) is 19.3 Å². The highest BCUT2D eigenvalue weighted by molar-refractivity contribution is 5.73. The van der Waals surface area contributed by atoms with Crippen LogP contribution in [0.5, 0.6) is 0 Å². The van der Waals surface area contributed by atoms with Gasteiger partial charge in [0.15, 0.2) is 0 Å². The summed E-state index contributed by atoms with van der Waals surface area (Å²) in [5, 5.41) is 12.9. The van der Waals surface area contributed by atoms with E-state index in [4.69, 9.17) is 16.2 Å². The van der Waals surface area contributed by atoms with E-state index in [1.165, 1.54) is 5.56 Å². The molecule has 1 aromatic rings. The van der Waals surface area contributed by atoms with Crippen LogP contribution in [-0.4, -0.2) is 16.9 Å². The third kappa shape index (κ3) is 21.9. The molecule has 1 rings (SSSR count). The highest BCUT2D eigenvalue weighted by Crippen LogP contribution is 1.92. The third-order valence-electron chi connectivity index (χ3n) is 2.06.